The zero-order valence-corrected chi connectivity index (χ0v) is 17.1. The molecule has 0 radical (unpaired) electrons. The normalized spacial score (nSPS) is 13.3. The Kier molecular flexibility index (Phi) is 5.39. The van der Waals surface area contributed by atoms with Crippen molar-refractivity contribution in [2.24, 2.45) is 5.41 Å². The molecule has 2 amide bonds. The van der Waals surface area contributed by atoms with Crippen molar-refractivity contribution in [2.75, 3.05) is 11.5 Å². The predicted octanol–water partition coefficient (Wildman–Crippen LogP) is 3.46. The van der Waals surface area contributed by atoms with Crippen molar-refractivity contribution in [3.63, 3.8) is 0 Å². The van der Waals surface area contributed by atoms with E-state index in [9.17, 15) is 24.0 Å². The first-order valence-corrected chi connectivity index (χ1v) is 9.35. The summed E-state index contributed by atoms with van der Waals surface area (Å²) in [7, 11) is 0. The van der Waals surface area contributed by atoms with Crippen LogP contribution in [0.5, 0.6) is 0 Å². The Balaban J connectivity index is 1.82. The molecule has 2 aromatic rings. The minimum Gasteiger partial charge on any atom is -0.454 e. The number of rotatable bonds is 5. The first-order valence-electron chi connectivity index (χ1n) is 9.35. The second-order valence-corrected chi connectivity index (χ2v) is 8.06. The van der Waals surface area contributed by atoms with Gasteiger partial charge < -0.3 is 4.74 Å². The van der Waals surface area contributed by atoms with Gasteiger partial charge in [0.1, 0.15) is 0 Å². The summed E-state index contributed by atoms with van der Waals surface area (Å²) in [5, 5.41) is 0. The minimum atomic E-state index is -0.750. The number of nitrogens with zero attached hydrogens (tertiary/aromatic N) is 1. The maximum Gasteiger partial charge on any atom is 0.338 e. The molecule has 30 heavy (non-hydrogen) atoms. The monoisotopic (exact) mass is 407 g/mol. The van der Waals surface area contributed by atoms with Crippen LogP contribution in [0.1, 0.15) is 69.1 Å². The Hall–Kier alpha value is -3.61. The summed E-state index contributed by atoms with van der Waals surface area (Å²) in [6, 6.07) is 10.2. The van der Waals surface area contributed by atoms with Crippen LogP contribution in [0.4, 0.5) is 5.69 Å². The Bertz CT molecular complexity index is 1080. The molecule has 1 aliphatic rings. The SMILES string of the molecule is CC(=O)c1ccc(N2C(=O)c3ccc(C(=O)OCC(=O)C(C)(C)C)cc3C2=O)cc1. The van der Waals surface area contributed by atoms with Gasteiger partial charge in [0.2, 0.25) is 0 Å². The van der Waals surface area contributed by atoms with E-state index in [2.05, 4.69) is 0 Å². The van der Waals surface area contributed by atoms with E-state index in [-0.39, 0.29) is 34.9 Å². The number of hydrogen-bond acceptors (Lipinski definition) is 6. The lowest BCUT2D eigenvalue weighted by molar-refractivity contribution is -0.129. The van der Waals surface area contributed by atoms with Crippen LogP contribution in [-0.4, -0.2) is 36.0 Å². The van der Waals surface area contributed by atoms with Crippen molar-refractivity contribution in [1.29, 1.82) is 0 Å². The van der Waals surface area contributed by atoms with Crippen LogP contribution >= 0.6 is 0 Å². The van der Waals surface area contributed by atoms with Crippen LogP contribution in [0.3, 0.4) is 0 Å². The molecule has 7 nitrogen and oxygen atoms in total. The van der Waals surface area contributed by atoms with Crippen LogP contribution < -0.4 is 4.90 Å². The lowest BCUT2D eigenvalue weighted by Gasteiger charge is -2.16. The van der Waals surface area contributed by atoms with Crippen LogP contribution in [0.15, 0.2) is 42.5 Å². The van der Waals surface area contributed by atoms with Gasteiger partial charge in [-0.15, -0.1) is 0 Å². The predicted molar refractivity (Wildman–Crippen MR) is 109 cm³/mol. The molecule has 0 N–H and O–H groups in total. The maximum atomic E-state index is 12.8. The molecule has 0 bridgehead atoms. The third-order valence-electron chi connectivity index (χ3n) is 4.83. The van der Waals surface area contributed by atoms with E-state index < -0.39 is 23.2 Å². The van der Waals surface area contributed by atoms with Gasteiger partial charge in [-0.2, -0.15) is 0 Å². The summed E-state index contributed by atoms with van der Waals surface area (Å²) in [6.07, 6.45) is 0. The van der Waals surface area contributed by atoms with Gasteiger partial charge in [0.05, 0.1) is 22.4 Å². The molecule has 0 saturated carbocycles. The van der Waals surface area contributed by atoms with Crippen LogP contribution in [0.25, 0.3) is 0 Å². The van der Waals surface area contributed by atoms with Gasteiger partial charge in [-0.1, -0.05) is 20.8 Å². The highest BCUT2D eigenvalue weighted by atomic mass is 16.5. The summed E-state index contributed by atoms with van der Waals surface area (Å²) in [4.78, 5) is 62.2. The van der Waals surface area contributed by atoms with Gasteiger partial charge in [0, 0.05) is 11.0 Å². The third-order valence-corrected chi connectivity index (χ3v) is 4.83. The Morgan fingerprint density at radius 2 is 1.43 bits per heavy atom. The van der Waals surface area contributed by atoms with Crippen molar-refractivity contribution in [1.82, 2.24) is 0 Å². The molecular weight excluding hydrogens is 386 g/mol. The molecule has 0 atom stereocenters. The van der Waals surface area contributed by atoms with E-state index >= 15 is 0 Å². The number of esters is 1. The van der Waals surface area contributed by atoms with Crippen LogP contribution in [0, 0.1) is 5.41 Å². The average molecular weight is 407 g/mol. The van der Waals surface area contributed by atoms with Crippen molar-refractivity contribution in [2.45, 2.75) is 27.7 Å². The number of carbonyl (C=O) groups excluding carboxylic acids is 5. The fraction of sp³-hybridized carbons (Fsp3) is 0.261. The molecule has 1 heterocycles. The van der Waals surface area contributed by atoms with Gasteiger partial charge in [-0.05, 0) is 49.4 Å². The Morgan fingerprint density at radius 3 is 2.00 bits per heavy atom. The van der Waals surface area contributed by atoms with Crippen molar-refractivity contribution in [3.05, 3.63) is 64.7 Å². The standard InChI is InChI=1S/C23H21NO6/c1-13(25)14-5-8-16(9-6-14)24-20(27)17-10-7-15(11-18(17)21(24)28)22(29)30-12-19(26)23(2,3)4/h5-11H,12H2,1-4H3. The molecule has 0 fully saturated rings. The van der Waals surface area contributed by atoms with Gasteiger partial charge >= 0.3 is 5.97 Å². The number of amides is 2. The van der Waals surface area contributed by atoms with E-state index in [0.717, 1.165) is 4.90 Å². The van der Waals surface area contributed by atoms with E-state index in [1.807, 2.05) is 0 Å². The van der Waals surface area contributed by atoms with Crippen molar-refractivity contribution >= 4 is 35.0 Å². The highest BCUT2D eigenvalue weighted by Gasteiger charge is 2.37. The second-order valence-electron chi connectivity index (χ2n) is 8.06. The molecule has 0 aromatic heterocycles. The van der Waals surface area contributed by atoms with E-state index in [1.54, 1.807) is 20.8 Å². The number of anilines is 1. The number of Topliss-reactive ketones (excluding diaryl/α,β-unsaturated/α-hetero) is 2. The number of imide groups is 1. The molecule has 7 heteroatoms. The highest BCUT2D eigenvalue weighted by Crippen LogP contribution is 2.29. The zero-order chi connectivity index (χ0) is 22.2. The van der Waals surface area contributed by atoms with Gasteiger partial charge in [-0.3, -0.25) is 19.2 Å². The first-order chi connectivity index (χ1) is 14.0. The van der Waals surface area contributed by atoms with Crippen LogP contribution in [0.2, 0.25) is 0 Å². The van der Waals surface area contributed by atoms with Gasteiger partial charge in [0.15, 0.2) is 18.2 Å². The molecule has 0 aliphatic carbocycles. The largest absolute Gasteiger partial charge is 0.454 e. The summed E-state index contributed by atoms with van der Waals surface area (Å²) in [6.45, 7) is 6.22. The molecule has 0 spiro atoms. The lowest BCUT2D eigenvalue weighted by Crippen LogP contribution is -2.29. The highest BCUT2D eigenvalue weighted by molar-refractivity contribution is 6.34. The Morgan fingerprint density at radius 1 is 0.867 bits per heavy atom. The lowest BCUT2D eigenvalue weighted by atomic mass is 9.91. The van der Waals surface area contributed by atoms with Crippen LogP contribution in [-0.2, 0) is 9.53 Å². The van der Waals surface area contributed by atoms with E-state index in [0.29, 0.717) is 11.3 Å². The molecule has 154 valence electrons. The van der Waals surface area contributed by atoms with E-state index in [1.165, 1.54) is 49.4 Å². The summed E-state index contributed by atoms with van der Waals surface area (Å²) in [5.41, 5.74) is 0.464. The molecular formula is C23H21NO6. The Labute approximate surface area is 173 Å². The molecule has 1 aliphatic heterocycles. The third kappa shape index (κ3) is 3.91. The molecule has 2 aromatic carbocycles. The smallest absolute Gasteiger partial charge is 0.338 e. The van der Waals surface area contributed by atoms with Gasteiger partial charge in [-0.25, -0.2) is 9.69 Å². The molecule has 0 unspecified atom stereocenters. The van der Waals surface area contributed by atoms with E-state index in [4.69, 9.17) is 4.74 Å². The summed E-state index contributed by atoms with van der Waals surface area (Å²) in [5.74, 6) is -2.21. The van der Waals surface area contributed by atoms with Crippen molar-refractivity contribution < 1.29 is 28.7 Å². The van der Waals surface area contributed by atoms with Crippen molar-refractivity contribution in [3.8, 4) is 0 Å². The number of fused-ring (bicyclic) bond motifs is 1. The second kappa shape index (κ2) is 7.67. The number of hydrogen-bond donors (Lipinski definition) is 0. The minimum absolute atomic E-state index is 0.0744. The number of benzene rings is 2. The molecule has 3 rings (SSSR count). The molecule has 0 saturated heterocycles. The zero-order valence-electron chi connectivity index (χ0n) is 17.1. The number of ether oxygens (including phenoxy) is 1. The summed E-state index contributed by atoms with van der Waals surface area (Å²) < 4.78 is 5.06. The number of carbonyl (C=O) groups is 5. The first kappa shape index (κ1) is 21.1. The quantitative estimate of drug-likeness (QED) is 0.428. The fourth-order valence-corrected chi connectivity index (χ4v) is 2.88. The number of ketones is 2. The fourth-order valence-electron chi connectivity index (χ4n) is 2.88. The average Bonchev–Trinajstić information content (AvgIpc) is 2.95. The maximum absolute atomic E-state index is 12.8. The summed E-state index contributed by atoms with van der Waals surface area (Å²) >= 11 is 0. The van der Waals surface area contributed by atoms with Gasteiger partial charge in [0.25, 0.3) is 11.8 Å². The topological polar surface area (TPSA) is 97.8 Å².